The number of hydrogen-bond donors (Lipinski definition) is 0. The second-order valence-corrected chi connectivity index (χ2v) is 7.69. The predicted octanol–water partition coefficient (Wildman–Crippen LogP) is 3.97. The molecule has 164 valence electrons. The van der Waals surface area contributed by atoms with E-state index in [1.165, 1.54) is 12.1 Å². The van der Waals surface area contributed by atoms with Gasteiger partial charge in [-0.25, -0.2) is 9.37 Å². The highest BCUT2D eigenvalue weighted by Crippen LogP contribution is 2.27. The van der Waals surface area contributed by atoms with Crippen molar-refractivity contribution in [1.29, 1.82) is 0 Å². The van der Waals surface area contributed by atoms with Crippen LogP contribution in [-0.2, 0) is 11.8 Å². The van der Waals surface area contributed by atoms with E-state index in [9.17, 15) is 18.8 Å². The summed E-state index contributed by atoms with van der Waals surface area (Å²) in [6, 6.07) is 17.8. The van der Waals surface area contributed by atoms with Crippen LogP contribution < -0.4 is 4.74 Å². The number of aryl methyl sites for hydroxylation is 1. The molecule has 4 aromatic rings. The van der Waals surface area contributed by atoms with Crippen molar-refractivity contribution in [3.05, 3.63) is 83.7 Å². The standard InChI is InChI=1S/C25H18FN3O4/c1-28-21-10-9-16(26)14-20(21)27-23(28)15-5-4-6-17(13-15)33-22(30)11-12-29-24(31)18-7-2-3-8-19(18)25(29)32/h2-10,13-14H,11-12H2,1H3. The number of amides is 2. The molecule has 0 saturated heterocycles. The molecule has 0 fully saturated rings. The van der Waals surface area contributed by atoms with E-state index in [4.69, 9.17) is 4.74 Å². The molecule has 0 aliphatic carbocycles. The van der Waals surface area contributed by atoms with Crippen molar-refractivity contribution in [3.63, 3.8) is 0 Å². The van der Waals surface area contributed by atoms with E-state index >= 15 is 0 Å². The minimum Gasteiger partial charge on any atom is -0.426 e. The van der Waals surface area contributed by atoms with Crippen molar-refractivity contribution in [2.45, 2.75) is 6.42 Å². The maximum Gasteiger partial charge on any atom is 0.312 e. The van der Waals surface area contributed by atoms with Gasteiger partial charge in [0, 0.05) is 25.2 Å². The van der Waals surface area contributed by atoms with E-state index in [0.29, 0.717) is 33.8 Å². The molecular formula is C25H18FN3O4. The fourth-order valence-corrected chi connectivity index (χ4v) is 3.96. The second kappa shape index (κ2) is 7.98. The Balaban J connectivity index is 1.29. The van der Waals surface area contributed by atoms with E-state index < -0.39 is 17.8 Å². The Morgan fingerprint density at radius 3 is 2.42 bits per heavy atom. The minimum atomic E-state index is -0.573. The van der Waals surface area contributed by atoms with Crippen LogP contribution in [0.2, 0.25) is 0 Å². The number of benzene rings is 3. The van der Waals surface area contributed by atoms with Gasteiger partial charge in [-0.15, -0.1) is 0 Å². The fraction of sp³-hybridized carbons (Fsp3) is 0.120. The molecule has 0 atom stereocenters. The first kappa shape index (κ1) is 20.6. The average molecular weight is 443 g/mol. The van der Waals surface area contributed by atoms with Gasteiger partial charge in [0.05, 0.1) is 28.6 Å². The molecule has 2 amide bonds. The first-order chi connectivity index (χ1) is 15.9. The molecule has 0 saturated carbocycles. The van der Waals surface area contributed by atoms with Gasteiger partial charge in [0.15, 0.2) is 0 Å². The van der Waals surface area contributed by atoms with Crippen LogP contribution in [0.3, 0.4) is 0 Å². The highest BCUT2D eigenvalue weighted by molar-refractivity contribution is 6.21. The molecule has 0 radical (unpaired) electrons. The third-order valence-electron chi connectivity index (χ3n) is 5.58. The zero-order chi connectivity index (χ0) is 23.1. The highest BCUT2D eigenvalue weighted by atomic mass is 19.1. The summed E-state index contributed by atoms with van der Waals surface area (Å²) < 4.78 is 20.8. The summed E-state index contributed by atoms with van der Waals surface area (Å²) in [5.41, 5.74) is 2.67. The van der Waals surface area contributed by atoms with Gasteiger partial charge in [0.2, 0.25) is 0 Å². The van der Waals surface area contributed by atoms with Gasteiger partial charge < -0.3 is 9.30 Å². The quantitative estimate of drug-likeness (QED) is 0.265. The number of rotatable bonds is 5. The Kier molecular flexibility index (Phi) is 4.97. The number of aromatic nitrogens is 2. The van der Waals surface area contributed by atoms with E-state index in [1.807, 2.05) is 17.7 Å². The molecule has 2 heterocycles. The lowest BCUT2D eigenvalue weighted by Gasteiger charge is -2.13. The van der Waals surface area contributed by atoms with E-state index in [-0.39, 0.29) is 18.8 Å². The van der Waals surface area contributed by atoms with E-state index in [1.54, 1.807) is 48.5 Å². The summed E-state index contributed by atoms with van der Waals surface area (Å²) in [4.78, 5) is 42.8. The minimum absolute atomic E-state index is 0.0683. The summed E-state index contributed by atoms with van der Waals surface area (Å²) >= 11 is 0. The Labute approximate surface area is 188 Å². The van der Waals surface area contributed by atoms with E-state index in [2.05, 4.69) is 4.98 Å². The van der Waals surface area contributed by atoms with Crippen LogP contribution in [0.25, 0.3) is 22.4 Å². The molecule has 1 aromatic heterocycles. The van der Waals surface area contributed by atoms with Gasteiger partial charge in [-0.05, 0) is 36.4 Å². The molecule has 33 heavy (non-hydrogen) atoms. The Bertz CT molecular complexity index is 1410. The Morgan fingerprint density at radius 2 is 1.70 bits per heavy atom. The van der Waals surface area contributed by atoms with Gasteiger partial charge in [-0.3, -0.25) is 19.3 Å². The third-order valence-corrected chi connectivity index (χ3v) is 5.58. The van der Waals surface area contributed by atoms with Crippen LogP contribution in [0.1, 0.15) is 27.1 Å². The van der Waals surface area contributed by atoms with Crippen LogP contribution >= 0.6 is 0 Å². The van der Waals surface area contributed by atoms with Gasteiger partial charge in [0.25, 0.3) is 11.8 Å². The molecule has 0 bridgehead atoms. The highest BCUT2D eigenvalue weighted by Gasteiger charge is 2.35. The number of halogens is 1. The summed E-state index contributed by atoms with van der Waals surface area (Å²) in [6.45, 7) is -0.0683. The third kappa shape index (κ3) is 3.65. The number of carbonyl (C=O) groups is 3. The zero-order valence-electron chi connectivity index (χ0n) is 17.6. The number of ether oxygens (including phenoxy) is 1. The van der Waals surface area contributed by atoms with Crippen LogP contribution in [0.4, 0.5) is 4.39 Å². The topological polar surface area (TPSA) is 81.5 Å². The van der Waals surface area contributed by atoms with Crippen molar-refractivity contribution < 1.29 is 23.5 Å². The van der Waals surface area contributed by atoms with Crippen LogP contribution in [0, 0.1) is 5.82 Å². The van der Waals surface area contributed by atoms with Crippen molar-refractivity contribution in [1.82, 2.24) is 14.5 Å². The van der Waals surface area contributed by atoms with Crippen molar-refractivity contribution in [2.24, 2.45) is 7.05 Å². The molecule has 3 aromatic carbocycles. The van der Waals surface area contributed by atoms with Crippen molar-refractivity contribution >= 4 is 28.8 Å². The molecule has 0 spiro atoms. The monoisotopic (exact) mass is 443 g/mol. The number of imide groups is 1. The lowest BCUT2D eigenvalue weighted by molar-refractivity contribution is -0.134. The summed E-state index contributed by atoms with van der Waals surface area (Å²) in [6.07, 6.45) is -0.138. The van der Waals surface area contributed by atoms with Gasteiger partial charge in [0.1, 0.15) is 17.4 Å². The maximum absolute atomic E-state index is 13.5. The van der Waals surface area contributed by atoms with Crippen molar-refractivity contribution in [3.8, 4) is 17.1 Å². The predicted molar refractivity (Wildman–Crippen MR) is 118 cm³/mol. The first-order valence-corrected chi connectivity index (χ1v) is 10.3. The molecule has 1 aliphatic heterocycles. The van der Waals surface area contributed by atoms with E-state index in [0.717, 1.165) is 10.4 Å². The number of hydrogen-bond acceptors (Lipinski definition) is 5. The molecular weight excluding hydrogens is 425 g/mol. The SMILES string of the molecule is Cn1c(-c2cccc(OC(=O)CCN3C(=O)c4ccccc4C3=O)c2)nc2cc(F)ccc21. The number of carbonyl (C=O) groups excluding carboxylic acids is 3. The lowest BCUT2D eigenvalue weighted by Crippen LogP contribution is -2.32. The first-order valence-electron chi connectivity index (χ1n) is 10.3. The fourth-order valence-electron chi connectivity index (χ4n) is 3.96. The number of imidazole rings is 1. The average Bonchev–Trinajstić information content (AvgIpc) is 3.26. The summed E-state index contributed by atoms with van der Waals surface area (Å²) in [5, 5.41) is 0. The Hall–Kier alpha value is -4.33. The van der Waals surface area contributed by atoms with Gasteiger partial charge >= 0.3 is 5.97 Å². The largest absolute Gasteiger partial charge is 0.426 e. The molecule has 8 heteroatoms. The van der Waals surface area contributed by atoms with Crippen LogP contribution in [-0.4, -0.2) is 38.8 Å². The molecule has 5 rings (SSSR count). The van der Waals surface area contributed by atoms with Crippen LogP contribution in [0.15, 0.2) is 66.7 Å². The smallest absolute Gasteiger partial charge is 0.312 e. The summed E-state index contributed by atoms with van der Waals surface area (Å²) in [7, 11) is 1.82. The molecule has 1 aliphatic rings. The normalized spacial score (nSPS) is 13.0. The number of fused-ring (bicyclic) bond motifs is 2. The second-order valence-electron chi connectivity index (χ2n) is 7.69. The van der Waals surface area contributed by atoms with Crippen molar-refractivity contribution in [2.75, 3.05) is 6.54 Å². The van der Waals surface area contributed by atoms with Gasteiger partial charge in [-0.2, -0.15) is 0 Å². The molecule has 0 unspecified atom stereocenters. The summed E-state index contributed by atoms with van der Waals surface area (Å²) in [5.74, 6) is -0.867. The Morgan fingerprint density at radius 1 is 0.970 bits per heavy atom. The number of esters is 1. The zero-order valence-corrected chi connectivity index (χ0v) is 17.6. The maximum atomic E-state index is 13.5. The van der Waals surface area contributed by atoms with Crippen LogP contribution in [0.5, 0.6) is 5.75 Å². The van der Waals surface area contributed by atoms with Gasteiger partial charge in [-0.1, -0.05) is 24.3 Å². The number of nitrogens with zero attached hydrogens (tertiary/aromatic N) is 3. The molecule has 7 nitrogen and oxygen atoms in total. The molecule has 0 N–H and O–H groups in total. The lowest BCUT2D eigenvalue weighted by atomic mass is 10.1.